The van der Waals surface area contributed by atoms with Gasteiger partial charge in [0.25, 0.3) is 5.91 Å². The van der Waals surface area contributed by atoms with Crippen molar-refractivity contribution in [3.05, 3.63) is 11.9 Å². The Labute approximate surface area is 126 Å². The van der Waals surface area contributed by atoms with Crippen molar-refractivity contribution in [1.29, 1.82) is 0 Å². The standard InChI is InChI=1S/C13H18N4O5/c1-7-6-16-9(10(18)17(7)12(20)21)8(5-14-16)15-11(19)22-13(2,3)4/h5,7H,6H2,1-4H3,(H,15,19)(H,20,21). The number of carbonyl (C=O) groups is 3. The molecule has 1 aromatic heterocycles. The molecule has 0 radical (unpaired) electrons. The molecule has 0 saturated carbocycles. The second kappa shape index (κ2) is 5.32. The third kappa shape index (κ3) is 3.02. The zero-order chi connectivity index (χ0) is 16.7. The minimum absolute atomic E-state index is 0.0198. The number of aromatic nitrogens is 2. The number of nitrogens with zero attached hydrogens (tertiary/aromatic N) is 3. The molecule has 2 rings (SSSR count). The molecular formula is C13H18N4O5. The first kappa shape index (κ1) is 15.8. The van der Waals surface area contributed by atoms with E-state index in [9.17, 15) is 14.4 Å². The number of imide groups is 1. The molecule has 1 aliphatic heterocycles. The fraction of sp³-hybridized carbons (Fsp3) is 0.538. The van der Waals surface area contributed by atoms with Crippen LogP contribution in [0.25, 0.3) is 0 Å². The highest BCUT2D eigenvalue weighted by molar-refractivity contribution is 6.07. The predicted molar refractivity (Wildman–Crippen MR) is 75.7 cm³/mol. The van der Waals surface area contributed by atoms with Gasteiger partial charge in [-0.2, -0.15) is 5.10 Å². The van der Waals surface area contributed by atoms with Crippen LogP contribution in [0.5, 0.6) is 0 Å². The second-order valence-corrected chi connectivity index (χ2v) is 6.02. The lowest BCUT2D eigenvalue weighted by atomic mass is 10.2. The molecular weight excluding hydrogens is 292 g/mol. The van der Waals surface area contributed by atoms with Crippen LogP contribution in [0.3, 0.4) is 0 Å². The minimum Gasteiger partial charge on any atom is -0.465 e. The summed E-state index contributed by atoms with van der Waals surface area (Å²) in [6, 6.07) is -0.535. The van der Waals surface area contributed by atoms with Crippen LogP contribution in [-0.2, 0) is 11.3 Å². The van der Waals surface area contributed by atoms with Crippen molar-refractivity contribution in [2.24, 2.45) is 0 Å². The lowest BCUT2D eigenvalue weighted by Gasteiger charge is -2.30. The first-order chi connectivity index (χ1) is 10.1. The highest BCUT2D eigenvalue weighted by Crippen LogP contribution is 2.24. The maximum absolute atomic E-state index is 12.3. The fourth-order valence-electron chi connectivity index (χ4n) is 2.18. The van der Waals surface area contributed by atoms with Gasteiger partial charge in [0.05, 0.1) is 24.5 Å². The van der Waals surface area contributed by atoms with Gasteiger partial charge in [0.15, 0.2) is 5.69 Å². The minimum atomic E-state index is -1.34. The van der Waals surface area contributed by atoms with Crippen molar-refractivity contribution in [1.82, 2.24) is 14.7 Å². The average Bonchev–Trinajstić information content (AvgIpc) is 2.68. The predicted octanol–water partition coefficient (Wildman–Crippen LogP) is 1.75. The van der Waals surface area contributed by atoms with Crippen LogP contribution in [0.1, 0.15) is 38.2 Å². The zero-order valence-electron chi connectivity index (χ0n) is 12.8. The molecule has 1 atom stereocenters. The van der Waals surface area contributed by atoms with E-state index in [1.54, 1.807) is 27.7 Å². The van der Waals surface area contributed by atoms with Crippen molar-refractivity contribution in [3.8, 4) is 0 Å². The Morgan fingerprint density at radius 2 is 2.09 bits per heavy atom. The molecule has 0 fully saturated rings. The lowest BCUT2D eigenvalue weighted by molar-refractivity contribution is 0.0600. The van der Waals surface area contributed by atoms with Crippen molar-refractivity contribution in [3.63, 3.8) is 0 Å². The molecule has 0 spiro atoms. The summed E-state index contributed by atoms with van der Waals surface area (Å²) in [5.41, 5.74) is -0.549. The van der Waals surface area contributed by atoms with E-state index in [0.717, 1.165) is 4.90 Å². The Morgan fingerprint density at radius 3 is 2.64 bits per heavy atom. The van der Waals surface area contributed by atoms with Crippen LogP contribution < -0.4 is 5.32 Å². The van der Waals surface area contributed by atoms with Crippen LogP contribution in [-0.4, -0.2) is 49.5 Å². The van der Waals surface area contributed by atoms with Crippen molar-refractivity contribution in [2.75, 3.05) is 5.32 Å². The summed E-state index contributed by atoms with van der Waals surface area (Å²) >= 11 is 0. The topological polar surface area (TPSA) is 114 Å². The first-order valence-electron chi connectivity index (χ1n) is 6.72. The quantitative estimate of drug-likeness (QED) is 0.817. The molecule has 0 aromatic carbocycles. The van der Waals surface area contributed by atoms with Gasteiger partial charge in [-0.25, -0.2) is 14.5 Å². The van der Waals surface area contributed by atoms with E-state index < -0.39 is 29.7 Å². The SMILES string of the molecule is CC1Cn2ncc(NC(=O)OC(C)(C)C)c2C(=O)N1C(=O)O. The average molecular weight is 310 g/mol. The molecule has 3 amide bonds. The number of ether oxygens (including phenoxy) is 1. The third-order valence-corrected chi connectivity index (χ3v) is 2.98. The van der Waals surface area contributed by atoms with Crippen LogP contribution in [0.2, 0.25) is 0 Å². The smallest absolute Gasteiger partial charge is 0.414 e. The fourth-order valence-corrected chi connectivity index (χ4v) is 2.18. The van der Waals surface area contributed by atoms with E-state index in [-0.39, 0.29) is 17.9 Å². The van der Waals surface area contributed by atoms with E-state index in [1.165, 1.54) is 10.9 Å². The van der Waals surface area contributed by atoms with Gasteiger partial charge in [-0.05, 0) is 27.7 Å². The third-order valence-electron chi connectivity index (χ3n) is 2.98. The summed E-state index contributed by atoms with van der Waals surface area (Å²) in [6.07, 6.45) is -0.778. The van der Waals surface area contributed by atoms with Crippen LogP contribution in [0.15, 0.2) is 6.20 Å². The van der Waals surface area contributed by atoms with Gasteiger partial charge in [0.1, 0.15) is 5.60 Å². The maximum atomic E-state index is 12.3. The number of carbonyl (C=O) groups excluding carboxylic acids is 2. The van der Waals surface area contributed by atoms with E-state index in [2.05, 4.69) is 10.4 Å². The normalized spacial score (nSPS) is 17.9. The molecule has 1 aromatic rings. The van der Waals surface area contributed by atoms with Gasteiger partial charge in [-0.15, -0.1) is 0 Å². The molecule has 1 unspecified atom stereocenters. The van der Waals surface area contributed by atoms with E-state index in [1.807, 2.05) is 0 Å². The number of anilines is 1. The molecule has 1 aliphatic rings. The molecule has 0 saturated heterocycles. The Hall–Kier alpha value is -2.58. The molecule has 2 heterocycles. The lowest BCUT2D eigenvalue weighted by Crippen LogP contribution is -2.49. The van der Waals surface area contributed by atoms with E-state index >= 15 is 0 Å². The molecule has 0 aliphatic carbocycles. The van der Waals surface area contributed by atoms with Gasteiger partial charge >= 0.3 is 12.2 Å². The summed E-state index contributed by atoms with van der Waals surface area (Å²) in [5.74, 6) is -0.727. The number of carboxylic acid groups (broad SMARTS) is 1. The number of rotatable bonds is 1. The summed E-state index contributed by atoms with van der Waals surface area (Å²) in [4.78, 5) is 36.0. The maximum Gasteiger partial charge on any atom is 0.414 e. The highest BCUT2D eigenvalue weighted by atomic mass is 16.6. The summed E-state index contributed by atoms with van der Waals surface area (Å²) in [6.45, 7) is 6.96. The Morgan fingerprint density at radius 1 is 1.45 bits per heavy atom. The number of hydrogen-bond acceptors (Lipinski definition) is 5. The summed E-state index contributed by atoms with van der Waals surface area (Å²) < 4.78 is 6.48. The Kier molecular flexibility index (Phi) is 3.82. The summed E-state index contributed by atoms with van der Waals surface area (Å²) in [7, 11) is 0. The van der Waals surface area contributed by atoms with Crippen LogP contribution >= 0.6 is 0 Å². The van der Waals surface area contributed by atoms with E-state index in [0.29, 0.717) is 0 Å². The molecule has 22 heavy (non-hydrogen) atoms. The zero-order valence-corrected chi connectivity index (χ0v) is 12.8. The van der Waals surface area contributed by atoms with Crippen molar-refractivity contribution >= 4 is 23.8 Å². The highest BCUT2D eigenvalue weighted by Gasteiger charge is 2.37. The number of fused-ring (bicyclic) bond motifs is 1. The first-order valence-corrected chi connectivity index (χ1v) is 6.72. The number of hydrogen-bond donors (Lipinski definition) is 2. The second-order valence-electron chi connectivity index (χ2n) is 6.02. The molecule has 9 nitrogen and oxygen atoms in total. The molecule has 0 bridgehead atoms. The largest absolute Gasteiger partial charge is 0.465 e. The van der Waals surface area contributed by atoms with E-state index in [4.69, 9.17) is 9.84 Å². The monoisotopic (exact) mass is 310 g/mol. The Balaban J connectivity index is 2.27. The molecule has 9 heteroatoms. The van der Waals surface area contributed by atoms with Gasteiger partial charge in [-0.3, -0.25) is 14.8 Å². The van der Waals surface area contributed by atoms with Gasteiger partial charge in [0, 0.05) is 0 Å². The van der Waals surface area contributed by atoms with Gasteiger partial charge in [0.2, 0.25) is 0 Å². The summed E-state index contributed by atoms with van der Waals surface area (Å²) in [5, 5.41) is 15.6. The Bertz CT molecular complexity index is 631. The van der Waals surface area contributed by atoms with Crippen LogP contribution in [0, 0.1) is 0 Å². The van der Waals surface area contributed by atoms with Crippen molar-refractivity contribution in [2.45, 2.75) is 45.9 Å². The molecule has 2 N–H and O–H groups in total. The number of amides is 3. The van der Waals surface area contributed by atoms with Crippen LogP contribution in [0.4, 0.5) is 15.3 Å². The van der Waals surface area contributed by atoms with Crippen molar-refractivity contribution < 1.29 is 24.2 Å². The number of nitrogens with one attached hydrogen (secondary N) is 1. The van der Waals surface area contributed by atoms with Gasteiger partial charge in [-0.1, -0.05) is 0 Å². The van der Waals surface area contributed by atoms with Gasteiger partial charge < -0.3 is 9.84 Å². The molecule has 120 valence electrons.